The first-order valence-electron chi connectivity index (χ1n) is 9.92. The molecule has 0 radical (unpaired) electrons. The second-order valence-electron chi connectivity index (χ2n) is 6.61. The molecule has 0 unspecified atom stereocenters. The number of urea groups is 1. The van der Waals surface area contributed by atoms with Crippen LogP contribution >= 0.6 is 0 Å². The molecule has 0 fully saturated rings. The molecule has 0 aliphatic rings. The molecule has 162 valence electrons. The maximum atomic E-state index is 12.7. The molecule has 31 heavy (non-hydrogen) atoms. The van der Waals surface area contributed by atoms with Crippen LogP contribution in [0.3, 0.4) is 0 Å². The van der Waals surface area contributed by atoms with Gasteiger partial charge in [0.05, 0.1) is 12.2 Å². The average Bonchev–Trinajstić information content (AvgIpc) is 3.17. The van der Waals surface area contributed by atoms with Crippen molar-refractivity contribution in [1.29, 1.82) is 0 Å². The predicted molar refractivity (Wildman–Crippen MR) is 114 cm³/mol. The Kier molecular flexibility index (Phi) is 7.52. The van der Waals surface area contributed by atoms with E-state index in [0.29, 0.717) is 36.5 Å². The molecule has 10 heteroatoms. The molecule has 0 aliphatic heterocycles. The lowest BCUT2D eigenvalue weighted by atomic mass is 10.2. The Balaban J connectivity index is 1.55. The van der Waals surface area contributed by atoms with Gasteiger partial charge in [0.1, 0.15) is 0 Å². The highest BCUT2D eigenvalue weighted by atomic mass is 16.5. The molecule has 0 saturated heterocycles. The lowest BCUT2D eigenvalue weighted by Gasteiger charge is -2.08. The topological polar surface area (TPSA) is 131 Å². The Hall–Kier alpha value is -3.95. The number of nitrogens with zero attached hydrogens (tertiary/aromatic N) is 3. The molecule has 0 bridgehead atoms. The van der Waals surface area contributed by atoms with Crippen LogP contribution in [0.25, 0.3) is 16.9 Å². The highest BCUT2D eigenvalue weighted by Crippen LogP contribution is 2.13. The number of H-pyrrole nitrogens is 1. The molecule has 3 heterocycles. The summed E-state index contributed by atoms with van der Waals surface area (Å²) in [6, 6.07) is 6.68. The summed E-state index contributed by atoms with van der Waals surface area (Å²) in [5.41, 5.74) is 1.72. The third kappa shape index (κ3) is 6.01. The van der Waals surface area contributed by atoms with Gasteiger partial charge >= 0.3 is 12.0 Å². The molecule has 0 saturated carbocycles. The van der Waals surface area contributed by atoms with Crippen LogP contribution in [0.2, 0.25) is 0 Å². The number of carbonyl (C=O) groups is 2. The smallest absolute Gasteiger partial charge is 0.315 e. The van der Waals surface area contributed by atoms with Crippen LogP contribution in [0.15, 0.2) is 53.8 Å². The van der Waals surface area contributed by atoms with Gasteiger partial charge in [-0.15, -0.1) is 0 Å². The van der Waals surface area contributed by atoms with Crippen molar-refractivity contribution in [3.63, 3.8) is 0 Å². The van der Waals surface area contributed by atoms with Gasteiger partial charge in [0.2, 0.25) is 0 Å². The summed E-state index contributed by atoms with van der Waals surface area (Å²) in [5, 5.41) is 8.33. The first kappa shape index (κ1) is 21.8. The van der Waals surface area contributed by atoms with E-state index in [1.54, 1.807) is 56.0 Å². The fourth-order valence-electron chi connectivity index (χ4n) is 2.87. The lowest BCUT2D eigenvalue weighted by Crippen LogP contribution is -2.35. The second-order valence-corrected chi connectivity index (χ2v) is 6.61. The summed E-state index contributed by atoms with van der Waals surface area (Å²) >= 11 is 0. The summed E-state index contributed by atoms with van der Waals surface area (Å²) in [5.74, 6) is 0.134. The number of esters is 1. The van der Waals surface area contributed by atoms with Gasteiger partial charge in [-0.05, 0) is 37.1 Å². The normalized spacial score (nSPS) is 10.5. The molecule has 3 rings (SSSR count). The van der Waals surface area contributed by atoms with E-state index in [1.807, 2.05) is 0 Å². The van der Waals surface area contributed by atoms with Gasteiger partial charge < -0.3 is 15.4 Å². The van der Waals surface area contributed by atoms with Crippen LogP contribution in [0.1, 0.15) is 25.3 Å². The van der Waals surface area contributed by atoms with Gasteiger partial charge in [0.25, 0.3) is 5.56 Å². The number of ether oxygens (including phenoxy) is 1. The zero-order valence-corrected chi connectivity index (χ0v) is 17.1. The fourth-order valence-corrected chi connectivity index (χ4v) is 2.87. The molecule has 2 amide bonds. The highest BCUT2D eigenvalue weighted by molar-refractivity contribution is 5.74. The van der Waals surface area contributed by atoms with Gasteiger partial charge in [-0.3, -0.25) is 19.7 Å². The summed E-state index contributed by atoms with van der Waals surface area (Å²) < 4.78 is 6.17. The fraction of sp³-hybridized carbons (Fsp3) is 0.286. The standard InChI is InChI=1S/C21H24N6O4/c1-2-31-19(28)6-4-9-24-21(30)25-12-15-7-10-23-18(11-15)27-20(29)17(14-26-27)16-5-3-8-22-13-16/h3,5,7-8,10-11,13-14,26H,2,4,6,9,12H2,1H3,(H2,24,25,30). The Bertz CT molecular complexity index is 1080. The number of aromatic amines is 1. The maximum Gasteiger partial charge on any atom is 0.315 e. The Labute approximate surface area is 178 Å². The Morgan fingerprint density at radius 3 is 2.87 bits per heavy atom. The van der Waals surface area contributed by atoms with E-state index >= 15 is 0 Å². The predicted octanol–water partition coefficient (Wildman–Crippen LogP) is 1.77. The van der Waals surface area contributed by atoms with Crippen LogP contribution in [-0.2, 0) is 16.1 Å². The van der Waals surface area contributed by atoms with Crippen LogP contribution in [0.4, 0.5) is 4.79 Å². The summed E-state index contributed by atoms with van der Waals surface area (Å²) in [6.45, 7) is 2.71. The number of nitrogens with one attached hydrogen (secondary N) is 3. The minimum Gasteiger partial charge on any atom is -0.466 e. The van der Waals surface area contributed by atoms with Gasteiger partial charge in [-0.2, -0.15) is 0 Å². The van der Waals surface area contributed by atoms with Crippen molar-refractivity contribution in [2.75, 3.05) is 13.2 Å². The summed E-state index contributed by atoms with van der Waals surface area (Å²) in [7, 11) is 0. The number of carbonyl (C=O) groups excluding carboxylic acids is 2. The largest absolute Gasteiger partial charge is 0.466 e. The molecule has 3 aromatic heterocycles. The van der Waals surface area contributed by atoms with Crippen molar-refractivity contribution in [2.45, 2.75) is 26.3 Å². The summed E-state index contributed by atoms with van der Waals surface area (Å²) in [4.78, 5) is 44.2. The number of pyridine rings is 2. The molecule has 3 N–H and O–H groups in total. The number of hydrogen-bond donors (Lipinski definition) is 3. The zero-order chi connectivity index (χ0) is 22.1. The van der Waals surface area contributed by atoms with E-state index < -0.39 is 0 Å². The van der Waals surface area contributed by atoms with Crippen LogP contribution in [0.5, 0.6) is 0 Å². The third-order valence-electron chi connectivity index (χ3n) is 4.38. The number of rotatable bonds is 9. The van der Waals surface area contributed by atoms with Crippen molar-refractivity contribution in [1.82, 2.24) is 30.4 Å². The van der Waals surface area contributed by atoms with E-state index in [9.17, 15) is 14.4 Å². The third-order valence-corrected chi connectivity index (χ3v) is 4.38. The molecule has 0 aliphatic carbocycles. The number of hydrogen-bond acceptors (Lipinski definition) is 6. The van der Waals surface area contributed by atoms with Crippen LogP contribution in [-0.4, -0.2) is 44.9 Å². The van der Waals surface area contributed by atoms with Crippen molar-refractivity contribution in [2.24, 2.45) is 0 Å². The Morgan fingerprint density at radius 2 is 2.10 bits per heavy atom. The van der Waals surface area contributed by atoms with E-state index in [2.05, 4.69) is 25.7 Å². The molecule has 0 spiro atoms. The van der Waals surface area contributed by atoms with Crippen molar-refractivity contribution < 1.29 is 14.3 Å². The first-order valence-corrected chi connectivity index (χ1v) is 9.92. The molecule has 0 aromatic carbocycles. The van der Waals surface area contributed by atoms with E-state index in [-0.39, 0.29) is 30.5 Å². The minimum absolute atomic E-state index is 0.245. The lowest BCUT2D eigenvalue weighted by molar-refractivity contribution is -0.143. The maximum absolute atomic E-state index is 12.7. The highest BCUT2D eigenvalue weighted by Gasteiger charge is 2.11. The molecule has 10 nitrogen and oxygen atoms in total. The molecular formula is C21H24N6O4. The second kappa shape index (κ2) is 10.7. The monoisotopic (exact) mass is 424 g/mol. The van der Waals surface area contributed by atoms with Crippen molar-refractivity contribution in [3.05, 3.63) is 65.0 Å². The minimum atomic E-state index is -0.349. The zero-order valence-electron chi connectivity index (χ0n) is 17.1. The number of amides is 2. The van der Waals surface area contributed by atoms with Gasteiger partial charge in [-0.25, -0.2) is 14.5 Å². The molecule has 3 aromatic rings. The molecular weight excluding hydrogens is 400 g/mol. The number of aromatic nitrogens is 4. The SMILES string of the molecule is CCOC(=O)CCCNC(=O)NCc1ccnc(-n2[nH]cc(-c3cccnc3)c2=O)c1. The van der Waals surface area contributed by atoms with Crippen LogP contribution < -0.4 is 16.2 Å². The molecule has 0 atom stereocenters. The van der Waals surface area contributed by atoms with E-state index in [4.69, 9.17) is 4.74 Å². The van der Waals surface area contributed by atoms with Crippen molar-refractivity contribution in [3.8, 4) is 16.9 Å². The average molecular weight is 424 g/mol. The first-order chi connectivity index (χ1) is 15.1. The quantitative estimate of drug-likeness (QED) is 0.354. The van der Waals surface area contributed by atoms with E-state index in [0.717, 1.165) is 5.56 Å². The summed E-state index contributed by atoms with van der Waals surface area (Å²) in [6.07, 6.45) is 7.20. The van der Waals surface area contributed by atoms with Crippen LogP contribution in [0, 0.1) is 0 Å². The van der Waals surface area contributed by atoms with Gasteiger partial charge in [-0.1, -0.05) is 6.07 Å². The van der Waals surface area contributed by atoms with Gasteiger partial charge in [0, 0.05) is 49.9 Å². The van der Waals surface area contributed by atoms with Crippen molar-refractivity contribution >= 4 is 12.0 Å². The Morgan fingerprint density at radius 1 is 1.23 bits per heavy atom. The van der Waals surface area contributed by atoms with E-state index in [1.165, 1.54) is 4.68 Å². The van der Waals surface area contributed by atoms with Gasteiger partial charge in [0.15, 0.2) is 5.82 Å².